The highest BCUT2D eigenvalue weighted by Crippen LogP contribution is 2.10. The maximum atomic E-state index is 12.3. The third-order valence-electron chi connectivity index (χ3n) is 2.83. The van der Waals surface area contributed by atoms with E-state index in [2.05, 4.69) is 4.74 Å². The van der Waals surface area contributed by atoms with Crippen LogP contribution < -0.4 is 0 Å². The summed E-state index contributed by atoms with van der Waals surface area (Å²) in [6.45, 7) is 0.547. The largest absolute Gasteiger partial charge is 0.465 e. The Kier molecular flexibility index (Phi) is 6.43. The van der Waals surface area contributed by atoms with Gasteiger partial charge in [0.05, 0.1) is 37.7 Å². The number of hydrogen-bond acceptors (Lipinski definition) is 5. The lowest BCUT2D eigenvalue weighted by Gasteiger charge is -2.20. The van der Waals surface area contributed by atoms with E-state index in [1.807, 2.05) is 12.1 Å². The van der Waals surface area contributed by atoms with Crippen molar-refractivity contribution in [3.05, 3.63) is 35.4 Å². The number of nitriles is 2. The second kappa shape index (κ2) is 8.34. The van der Waals surface area contributed by atoms with Crippen LogP contribution in [0, 0.1) is 22.7 Å². The summed E-state index contributed by atoms with van der Waals surface area (Å²) >= 11 is 0. The first-order valence-corrected chi connectivity index (χ1v) is 6.35. The van der Waals surface area contributed by atoms with Gasteiger partial charge in [-0.05, 0) is 24.3 Å². The van der Waals surface area contributed by atoms with E-state index in [1.54, 1.807) is 0 Å². The normalized spacial score (nSPS) is 9.29. The molecule has 0 spiro atoms. The van der Waals surface area contributed by atoms with E-state index >= 15 is 0 Å². The molecule has 0 atom stereocenters. The van der Waals surface area contributed by atoms with Gasteiger partial charge in [0.25, 0.3) is 5.91 Å². The van der Waals surface area contributed by atoms with E-state index in [1.165, 1.54) is 36.3 Å². The maximum Gasteiger partial charge on any atom is 0.337 e. The van der Waals surface area contributed by atoms with Crippen LogP contribution in [0.3, 0.4) is 0 Å². The molecule has 0 aromatic heterocycles. The minimum Gasteiger partial charge on any atom is -0.465 e. The Morgan fingerprint density at radius 1 is 1.05 bits per heavy atom. The van der Waals surface area contributed by atoms with Gasteiger partial charge in [0.1, 0.15) is 0 Å². The van der Waals surface area contributed by atoms with Crippen molar-refractivity contribution in [1.82, 2.24) is 4.90 Å². The van der Waals surface area contributed by atoms with E-state index in [-0.39, 0.29) is 31.8 Å². The molecule has 0 saturated heterocycles. The number of carbonyl (C=O) groups excluding carboxylic acids is 2. The zero-order valence-electron chi connectivity index (χ0n) is 11.7. The second-order valence-corrected chi connectivity index (χ2v) is 4.18. The van der Waals surface area contributed by atoms with Gasteiger partial charge in [-0.2, -0.15) is 10.5 Å². The molecule has 0 fully saturated rings. The van der Waals surface area contributed by atoms with Gasteiger partial charge in [0.15, 0.2) is 0 Å². The molecule has 1 aromatic carbocycles. The Morgan fingerprint density at radius 3 is 1.95 bits per heavy atom. The topological polar surface area (TPSA) is 94.2 Å². The molecule has 0 bridgehead atoms. The SMILES string of the molecule is COC(=O)c1ccc(C(=O)N(CCC#N)CCC#N)cc1. The summed E-state index contributed by atoms with van der Waals surface area (Å²) in [6, 6.07) is 10.0. The summed E-state index contributed by atoms with van der Waals surface area (Å²) in [5.74, 6) is -0.739. The van der Waals surface area contributed by atoms with Gasteiger partial charge in [0, 0.05) is 18.7 Å². The van der Waals surface area contributed by atoms with Crippen molar-refractivity contribution in [2.75, 3.05) is 20.2 Å². The lowest BCUT2D eigenvalue weighted by molar-refractivity contribution is 0.0599. The molecule has 6 heteroatoms. The number of esters is 1. The predicted octanol–water partition coefficient (Wildman–Crippen LogP) is 1.74. The number of methoxy groups -OCH3 is 1. The summed E-state index contributed by atoms with van der Waals surface area (Å²) in [4.78, 5) is 25.1. The van der Waals surface area contributed by atoms with Crippen molar-refractivity contribution < 1.29 is 14.3 Å². The van der Waals surface area contributed by atoms with Crippen molar-refractivity contribution in [2.24, 2.45) is 0 Å². The van der Waals surface area contributed by atoms with Gasteiger partial charge in [-0.3, -0.25) is 4.79 Å². The molecular formula is C15H15N3O3. The fourth-order valence-electron chi connectivity index (χ4n) is 1.73. The number of benzene rings is 1. The Bertz CT molecular complexity index is 564. The molecule has 0 aliphatic carbocycles. The van der Waals surface area contributed by atoms with Crippen molar-refractivity contribution in [3.8, 4) is 12.1 Å². The molecule has 0 radical (unpaired) electrons. The predicted molar refractivity (Wildman–Crippen MR) is 74.1 cm³/mol. The van der Waals surface area contributed by atoms with Crippen LogP contribution in [0.15, 0.2) is 24.3 Å². The lowest BCUT2D eigenvalue weighted by Crippen LogP contribution is -2.32. The monoisotopic (exact) mass is 285 g/mol. The van der Waals surface area contributed by atoms with Gasteiger partial charge >= 0.3 is 5.97 Å². The average Bonchev–Trinajstić information content (AvgIpc) is 2.54. The first kappa shape index (κ1) is 16.2. The summed E-state index contributed by atoms with van der Waals surface area (Å²) in [7, 11) is 1.28. The summed E-state index contributed by atoms with van der Waals surface area (Å²) < 4.78 is 4.58. The molecule has 0 unspecified atom stereocenters. The van der Waals surface area contributed by atoms with Crippen LogP contribution in [0.2, 0.25) is 0 Å². The summed E-state index contributed by atoms with van der Waals surface area (Å²) in [6.07, 6.45) is 0.412. The third kappa shape index (κ3) is 4.63. The molecule has 0 N–H and O–H groups in total. The highest BCUT2D eigenvalue weighted by atomic mass is 16.5. The number of carbonyl (C=O) groups is 2. The smallest absolute Gasteiger partial charge is 0.337 e. The molecule has 21 heavy (non-hydrogen) atoms. The molecule has 0 heterocycles. The van der Waals surface area contributed by atoms with Crippen LogP contribution in [0.1, 0.15) is 33.6 Å². The third-order valence-corrected chi connectivity index (χ3v) is 2.83. The standard InChI is InChI=1S/C15H15N3O3/c1-21-15(20)13-6-4-12(5-7-13)14(19)18(10-2-8-16)11-3-9-17/h4-7H,2-3,10-11H2,1H3. The molecule has 1 aromatic rings. The second-order valence-electron chi connectivity index (χ2n) is 4.18. The zero-order chi connectivity index (χ0) is 15.7. The molecule has 1 amide bonds. The molecule has 1 rings (SSSR count). The van der Waals surface area contributed by atoms with Gasteiger partial charge in [-0.25, -0.2) is 4.79 Å². The van der Waals surface area contributed by atoms with Gasteiger partial charge in [-0.15, -0.1) is 0 Å². The fourth-order valence-corrected chi connectivity index (χ4v) is 1.73. The van der Waals surface area contributed by atoms with Crippen LogP contribution in [-0.4, -0.2) is 37.0 Å². The molecule has 6 nitrogen and oxygen atoms in total. The maximum absolute atomic E-state index is 12.3. The highest BCUT2D eigenvalue weighted by Gasteiger charge is 2.16. The van der Waals surface area contributed by atoms with Crippen molar-refractivity contribution in [2.45, 2.75) is 12.8 Å². The number of hydrogen-bond donors (Lipinski definition) is 0. The Hall–Kier alpha value is -2.86. The van der Waals surface area contributed by atoms with Crippen LogP contribution >= 0.6 is 0 Å². The molecule has 0 saturated carbocycles. The Labute approximate surface area is 123 Å². The Morgan fingerprint density at radius 2 is 1.52 bits per heavy atom. The number of nitrogens with zero attached hydrogens (tertiary/aromatic N) is 3. The van der Waals surface area contributed by atoms with Crippen LogP contribution in [-0.2, 0) is 4.74 Å². The zero-order valence-corrected chi connectivity index (χ0v) is 11.7. The Balaban J connectivity index is 2.85. The number of ether oxygens (including phenoxy) is 1. The molecular weight excluding hydrogens is 270 g/mol. The summed E-state index contributed by atoms with van der Waals surface area (Å²) in [5.41, 5.74) is 0.758. The van der Waals surface area contributed by atoms with Crippen molar-refractivity contribution in [1.29, 1.82) is 10.5 Å². The minimum atomic E-state index is -0.472. The summed E-state index contributed by atoms with van der Waals surface area (Å²) in [5, 5.41) is 17.2. The molecule has 0 aliphatic heterocycles. The van der Waals surface area contributed by atoms with Crippen LogP contribution in [0.5, 0.6) is 0 Å². The van der Waals surface area contributed by atoms with Gasteiger partial charge < -0.3 is 9.64 Å². The molecule has 108 valence electrons. The number of amides is 1. The number of rotatable bonds is 6. The van der Waals surface area contributed by atoms with E-state index in [0.717, 1.165) is 0 Å². The fraction of sp³-hybridized carbons (Fsp3) is 0.333. The van der Waals surface area contributed by atoms with Gasteiger partial charge in [-0.1, -0.05) is 0 Å². The van der Waals surface area contributed by atoms with E-state index < -0.39 is 5.97 Å². The first-order valence-electron chi connectivity index (χ1n) is 6.35. The highest BCUT2D eigenvalue weighted by molar-refractivity contribution is 5.96. The lowest BCUT2D eigenvalue weighted by atomic mass is 10.1. The van der Waals surface area contributed by atoms with Crippen molar-refractivity contribution >= 4 is 11.9 Å². The van der Waals surface area contributed by atoms with Crippen LogP contribution in [0.25, 0.3) is 0 Å². The van der Waals surface area contributed by atoms with E-state index in [9.17, 15) is 9.59 Å². The van der Waals surface area contributed by atoms with E-state index in [4.69, 9.17) is 10.5 Å². The average molecular weight is 285 g/mol. The van der Waals surface area contributed by atoms with Crippen LogP contribution in [0.4, 0.5) is 0 Å². The quantitative estimate of drug-likeness (QED) is 0.742. The van der Waals surface area contributed by atoms with E-state index in [0.29, 0.717) is 11.1 Å². The van der Waals surface area contributed by atoms with Crippen molar-refractivity contribution in [3.63, 3.8) is 0 Å². The molecule has 0 aliphatic rings. The minimum absolute atomic E-state index is 0.206. The first-order chi connectivity index (χ1) is 10.1. The van der Waals surface area contributed by atoms with Gasteiger partial charge in [0.2, 0.25) is 0 Å².